The lowest BCUT2D eigenvalue weighted by atomic mass is 9.66. The lowest BCUT2D eigenvalue weighted by Gasteiger charge is -2.44. The summed E-state index contributed by atoms with van der Waals surface area (Å²) in [5, 5.41) is 0. The number of aryl methyl sites for hydroxylation is 1. The fourth-order valence-corrected chi connectivity index (χ4v) is 12.5. The van der Waals surface area contributed by atoms with Gasteiger partial charge in [-0.2, -0.15) is 0 Å². The number of anilines is 4. The van der Waals surface area contributed by atoms with Crippen LogP contribution in [0.1, 0.15) is 123 Å². The van der Waals surface area contributed by atoms with Gasteiger partial charge in [-0.1, -0.05) is 169 Å². The molecule has 0 amide bonds. The minimum absolute atomic E-state index is 0.0696. The quantitative estimate of drug-likeness (QED) is 0.149. The van der Waals surface area contributed by atoms with Crippen molar-refractivity contribution < 1.29 is 0 Å². The van der Waals surface area contributed by atoms with Gasteiger partial charge >= 0.3 is 0 Å². The van der Waals surface area contributed by atoms with E-state index in [0.29, 0.717) is 11.8 Å². The van der Waals surface area contributed by atoms with Crippen molar-refractivity contribution >= 4 is 34.9 Å². The van der Waals surface area contributed by atoms with Crippen LogP contribution in [0, 0.1) is 5.92 Å². The highest BCUT2D eigenvalue weighted by molar-refractivity contribution is 5.86. The highest BCUT2D eigenvalue weighted by Crippen LogP contribution is 2.59. The van der Waals surface area contributed by atoms with Crippen molar-refractivity contribution in [1.29, 1.82) is 0 Å². The van der Waals surface area contributed by atoms with Gasteiger partial charge < -0.3 is 9.80 Å². The Balaban J connectivity index is 0.909. The maximum Gasteiger partial charge on any atom is 0.0502 e. The molecule has 6 aromatic rings. The minimum Gasteiger partial charge on any atom is -0.341 e. The Kier molecular flexibility index (Phi) is 8.80. The molecule has 2 heteroatoms. The van der Waals surface area contributed by atoms with Gasteiger partial charge in [0.1, 0.15) is 0 Å². The van der Waals surface area contributed by atoms with Crippen molar-refractivity contribution in [3.8, 4) is 11.1 Å². The topological polar surface area (TPSA) is 6.48 Å². The molecule has 3 unspecified atom stereocenters. The van der Waals surface area contributed by atoms with Crippen molar-refractivity contribution in [3.05, 3.63) is 201 Å². The predicted molar refractivity (Wildman–Crippen MR) is 259 cm³/mol. The number of para-hydroxylation sites is 3. The molecule has 11 rings (SSSR count). The molecule has 2 aliphatic heterocycles. The monoisotopic (exact) mass is 794 g/mol. The van der Waals surface area contributed by atoms with Crippen LogP contribution >= 0.6 is 0 Å². The molecule has 0 bridgehead atoms. The van der Waals surface area contributed by atoms with Crippen LogP contribution < -0.4 is 9.80 Å². The first-order valence-corrected chi connectivity index (χ1v) is 23.0. The van der Waals surface area contributed by atoms with Crippen molar-refractivity contribution in [2.75, 3.05) is 16.3 Å². The standard InChI is InChI=1S/C59H58N2/c1-7-33-59(8-2)52-36-40(26-30-46(52)47-32-28-43(38-53(47)59)61-55-21-13-10-18-48(55)57(3,4)49-19-11-14-22-56(49)61)24-23-39-25-29-44-45-31-27-42(37-51(45)58(5,6)50(44)35-39)60-34-15-17-41-16-9-12-20-54(41)60/h9-14,16,18-32,35-38,47,53H,7-8,15,17,33-34H2,1-6H3/b24-23+. The van der Waals surface area contributed by atoms with E-state index in [-0.39, 0.29) is 16.2 Å². The molecule has 304 valence electrons. The molecule has 0 fully saturated rings. The Morgan fingerprint density at radius 1 is 0.623 bits per heavy atom. The maximum absolute atomic E-state index is 2.66. The number of rotatable bonds is 7. The fraction of sp³-hybridized carbons (Fsp3) is 0.288. The third-order valence-corrected chi connectivity index (χ3v) is 15.6. The number of hydrogen-bond acceptors (Lipinski definition) is 2. The normalized spacial score (nSPS) is 22.2. The lowest BCUT2D eigenvalue weighted by molar-refractivity contribution is 0.290. The Morgan fingerprint density at radius 2 is 1.23 bits per heavy atom. The summed E-state index contributed by atoms with van der Waals surface area (Å²) < 4.78 is 0. The smallest absolute Gasteiger partial charge is 0.0502 e. The second-order valence-corrected chi connectivity index (χ2v) is 19.5. The highest BCUT2D eigenvalue weighted by Gasteiger charge is 2.50. The van der Waals surface area contributed by atoms with Gasteiger partial charge in [0.15, 0.2) is 0 Å². The minimum atomic E-state index is -0.0843. The third kappa shape index (κ3) is 5.67. The van der Waals surface area contributed by atoms with E-state index in [9.17, 15) is 0 Å². The van der Waals surface area contributed by atoms with Crippen LogP contribution in [-0.2, 0) is 22.7 Å². The number of nitrogens with zero attached hydrogens (tertiary/aromatic N) is 2. The highest BCUT2D eigenvalue weighted by atomic mass is 15.2. The molecule has 2 heterocycles. The molecule has 0 N–H and O–H groups in total. The molecule has 6 aromatic carbocycles. The zero-order valence-corrected chi connectivity index (χ0v) is 36.8. The molecule has 61 heavy (non-hydrogen) atoms. The Labute approximate surface area is 364 Å². The number of fused-ring (bicyclic) bond motifs is 9. The third-order valence-electron chi connectivity index (χ3n) is 15.6. The Hall–Kier alpha value is -5.86. The van der Waals surface area contributed by atoms with Crippen LogP contribution in [0.2, 0.25) is 0 Å². The molecular weight excluding hydrogens is 737 g/mol. The average Bonchev–Trinajstić information content (AvgIpc) is 3.68. The van der Waals surface area contributed by atoms with E-state index in [1.807, 2.05) is 0 Å². The van der Waals surface area contributed by atoms with Gasteiger partial charge in [0.05, 0.1) is 11.4 Å². The SMILES string of the molecule is CCCC1(CC)c2cc(/C=C/c3ccc4c(c3)C(C)(C)c3cc(N5CCCc6ccccc65)ccc3-4)ccc2C2C=CC(N3c4ccccc4C(C)(C)c4ccccc43)=CC21. The van der Waals surface area contributed by atoms with Gasteiger partial charge in [0.2, 0.25) is 0 Å². The van der Waals surface area contributed by atoms with E-state index in [1.165, 1.54) is 96.9 Å². The van der Waals surface area contributed by atoms with E-state index in [4.69, 9.17) is 0 Å². The Morgan fingerprint density at radius 3 is 1.93 bits per heavy atom. The Bertz CT molecular complexity index is 2780. The van der Waals surface area contributed by atoms with Crippen LogP contribution in [0.25, 0.3) is 23.3 Å². The molecule has 0 saturated carbocycles. The summed E-state index contributed by atoms with van der Waals surface area (Å²) in [5.41, 5.74) is 21.9. The van der Waals surface area contributed by atoms with Gasteiger partial charge in [0, 0.05) is 45.8 Å². The van der Waals surface area contributed by atoms with E-state index in [1.54, 1.807) is 5.56 Å². The van der Waals surface area contributed by atoms with Gasteiger partial charge in [-0.3, -0.25) is 0 Å². The van der Waals surface area contributed by atoms with Gasteiger partial charge in [-0.15, -0.1) is 0 Å². The first-order valence-electron chi connectivity index (χ1n) is 23.0. The van der Waals surface area contributed by atoms with Crippen molar-refractivity contribution in [2.24, 2.45) is 5.92 Å². The van der Waals surface area contributed by atoms with Crippen LogP contribution in [0.5, 0.6) is 0 Å². The van der Waals surface area contributed by atoms with Crippen LogP contribution in [0.4, 0.5) is 22.7 Å². The summed E-state index contributed by atoms with van der Waals surface area (Å²) in [7, 11) is 0. The van der Waals surface area contributed by atoms with E-state index >= 15 is 0 Å². The van der Waals surface area contributed by atoms with E-state index in [2.05, 4.69) is 209 Å². The fourth-order valence-electron chi connectivity index (χ4n) is 12.5. The zero-order valence-electron chi connectivity index (χ0n) is 36.8. The summed E-state index contributed by atoms with van der Waals surface area (Å²) >= 11 is 0. The van der Waals surface area contributed by atoms with Crippen molar-refractivity contribution in [3.63, 3.8) is 0 Å². The van der Waals surface area contributed by atoms with E-state index < -0.39 is 0 Å². The summed E-state index contributed by atoms with van der Waals surface area (Å²) in [6.07, 6.45) is 18.1. The first kappa shape index (κ1) is 38.1. The second kappa shape index (κ2) is 14.1. The largest absolute Gasteiger partial charge is 0.341 e. The molecule has 0 spiro atoms. The van der Waals surface area contributed by atoms with Crippen molar-refractivity contribution in [2.45, 2.75) is 95.8 Å². The molecule has 0 radical (unpaired) electrons. The van der Waals surface area contributed by atoms with Crippen molar-refractivity contribution in [1.82, 2.24) is 0 Å². The van der Waals surface area contributed by atoms with Crippen LogP contribution in [0.3, 0.4) is 0 Å². The average molecular weight is 795 g/mol. The summed E-state index contributed by atoms with van der Waals surface area (Å²) in [4.78, 5) is 5.08. The summed E-state index contributed by atoms with van der Waals surface area (Å²) in [6.45, 7) is 15.4. The number of hydrogen-bond donors (Lipinski definition) is 0. The maximum atomic E-state index is 2.66. The van der Waals surface area contributed by atoms with Gasteiger partial charge in [0.25, 0.3) is 0 Å². The zero-order chi connectivity index (χ0) is 41.7. The molecule has 5 aliphatic rings. The van der Waals surface area contributed by atoms with Crippen LogP contribution in [0.15, 0.2) is 151 Å². The summed E-state index contributed by atoms with van der Waals surface area (Å²) in [6, 6.07) is 48.8. The number of allylic oxidation sites excluding steroid dienone is 3. The molecular formula is C59H58N2. The summed E-state index contributed by atoms with van der Waals surface area (Å²) in [5.74, 6) is 0.771. The molecule has 3 atom stereocenters. The van der Waals surface area contributed by atoms with Gasteiger partial charge in [-0.05, 0) is 129 Å². The number of benzene rings is 6. The molecule has 0 aromatic heterocycles. The molecule has 3 aliphatic carbocycles. The molecule has 0 saturated heterocycles. The second-order valence-electron chi connectivity index (χ2n) is 19.5. The predicted octanol–water partition coefficient (Wildman–Crippen LogP) is 15.3. The van der Waals surface area contributed by atoms with E-state index in [0.717, 1.165) is 25.8 Å². The van der Waals surface area contributed by atoms with Gasteiger partial charge in [-0.25, -0.2) is 0 Å². The first-order chi connectivity index (χ1) is 29.6. The van der Waals surface area contributed by atoms with Crippen LogP contribution in [-0.4, -0.2) is 6.54 Å². The lowest BCUT2D eigenvalue weighted by Crippen LogP contribution is -2.35. The molecule has 2 nitrogen and oxygen atoms in total.